The number of hydrogen-bond donors (Lipinski definition) is 1. The van der Waals surface area contributed by atoms with Crippen molar-refractivity contribution < 1.29 is 19.1 Å². The van der Waals surface area contributed by atoms with Gasteiger partial charge in [-0.25, -0.2) is 0 Å². The van der Waals surface area contributed by atoms with Crippen molar-refractivity contribution in [3.63, 3.8) is 0 Å². The minimum atomic E-state index is -1.61. The fourth-order valence-electron chi connectivity index (χ4n) is 4.81. The lowest BCUT2D eigenvalue weighted by Gasteiger charge is -2.34. The van der Waals surface area contributed by atoms with Crippen LogP contribution >= 0.6 is 15.9 Å². The van der Waals surface area contributed by atoms with Crippen LogP contribution in [0.3, 0.4) is 0 Å². The molecule has 0 saturated carbocycles. The number of benzene rings is 2. The van der Waals surface area contributed by atoms with Crippen molar-refractivity contribution in [2.45, 2.75) is 18.9 Å². The Hall–Kier alpha value is -2.97. The molecule has 0 fully saturated rings. The molecule has 8 heteroatoms. The zero-order valence-corrected chi connectivity index (χ0v) is 18.3. The van der Waals surface area contributed by atoms with E-state index in [1.807, 2.05) is 19.1 Å². The Morgan fingerprint density at radius 2 is 1.90 bits per heavy atom. The van der Waals surface area contributed by atoms with Crippen LogP contribution in [0.1, 0.15) is 35.0 Å². The second kappa shape index (κ2) is 7.03. The van der Waals surface area contributed by atoms with Crippen molar-refractivity contribution in [2.75, 3.05) is 24.6 Å². The van der Waals surface area contributed by atoms with Gasteiger partial charge in [-0.1, -0.05) is 34.1 Å². The van der Waals surface area contributed by atoms with Crippen molar-refractivity contribution in [1.82, 2.24) is 4.90 Å². The smallest absolute Gasteiger partial charge is 0.291 e. The Balaban J connectivity index is 1.92. The van der Waals surface area contributed by atoms with E-state index >= 15 is 0 Å². The molecule has 31 heavy (non-hydrogen) atoms. The Kier molecular flexibility index (Phi) is 4.53. The summed E-state index contributed by atoms with van der Waals surface area (Å²) in [4.78, 5) is 44.2. The first-order valence-electron chi connectivity index (χ1n) is 10.1. The van der Waals surface area contributed by atoms with E-state index in [1.165, 1.54) is 4.90 Å². The molecule has 3 aromatic rings. The van der Waals surface area contributed by atoms with Gasteiger partial charge in [0.15, 0.2) is 11.0 Å². The molecule has 1 aromatic heterocycles. The number of amides is 2. The lowest BCUT2D eigenvalue weighted by molar-refractivity contribution is -0.126. The third-order valence-electron chi connectivity index (χ3n) is 6.05. The normalized spacial score (nSPS) is 19.6. The van der Waals surface area contributed by atoms with E-state index in [0.717, 1.165) is 0 Å². The van der Waals surface area contributed by atoms with Gasteiger partial charge in [0.25, 0.3) is 11.8 Å². The summed E-state index contributed by atoms with van der Waals surface area (Å²) in [5.74, 6) is -0.992. The van der Waals surface area contributed by atoms with E-state index in [1.54, 1.807) is 35.2 Å². The Labute approximate surface area is 186 Å². The van der Waals surface area contributed by atoms with Crippen molar-refractivity contribution in [2.24, 2.45) is 0 Å². The van der Waals surface area contributed by atoms with E-state index in [4.69, 9.17) is 4.42 Å². The van der Waals surface area contributed by atoms with Crippen LogP contribution in [0.4, 0.5) is 5.69 Å². The highest BCUT2D eigenvalue weighted by Crippen LogP contribution is 2.52. The van der Waals surface area contributed by atoms with Crippen LogP contribution in [0, 0.1) is 0 Å². The summed E-state index contributed by atoms with van der Waals surface area (Å²) in [6, 6.07) is 12.2. The lowest BCUT2D eigenvalue weighted by Crippen LogP contribution is -2.53. The first kappa shape index (κ1) is 20.0. The summed E-state index contributed by atoms with van der Waals surface area (Å²) in [5, 5.41) is 9.73. The molecule has 5 rings (SSSR count). The fraction of sp³-hybridized carbons (Fsp3) is 0.261. The second-order valence-electron chi connectivity index (χ2n) is 7.59. The highest BCUT2D eigenvalue weighted by molar-refractivity contribution is 9.10. The van der Waals surface area contributed by atoms with E-state index in [-0.39, 0.29) is 42.4 Å². The zero-order chi connectivity index (χ0) is 21.9. The van der Waals surface area contributed by atoms with Gasteiger partial charge in [0.2, 0.25) is 5.76 Å². The number of anilines is 1. The van der Waals surface area contributed by atoms with Crippen molar-refractivity contribution in [3.8, 4) is 0 Å². The number of carbonyl (C=O) groups excluding carboxylic acids is 2. The first-order chi connectivity index (χ1) is 15.0. The highest BCUT2D eigenvalue weighted by atomic mass is 79.9. The standard InChI is InChI=1S/C23H19BrN2O5/c1-2-25-16-7-4-3-6-15(16)23(22(25)30)18-19(28)14-12-13(24)8-9-17(14)31-20(18)21(29)26(23)10-5-11-27/h3-4,6-9,12,27H,2,5,10-11H2,1H3. The first-order valence-corrected chi connectivity index (χ1v) is 10.9. The van der Waals surface area contributed by atoms with E-state index in [0.29, 0.717) is 27.7 Å². The molecule has 1 atom stereocenters. The van der Waals surface area contributed by atoms with E-state index < -0.39 is 16.9 Å². The number of para-hydroxylation sites is 1. The summed E-state index contributed by atoms with van der Waals surface area (Å²) in [7, 11) is 0. The van der Waals surface area contributed by atoms with Crippen LogP contribution in [0.5, 0.6) is 0 Å². The van der Waals surface area contributed by atoms with Crippen LogP contribution in [0.15, 0.2) is 56.1 Å². The predicted octanol–water partition coefficient (Wildman–Crippen LogP) is 3.00. The molecule has 158 valence electrons. The highest BCUT2D eigenvalue weighted by Gasteiger charge is 2.64. The van der Waals surface area contributed by atoms with Gasteiger partial charge in [-0.15, -0.1) is 0 Å². The Bertz CT molecular complexity index is 1320. The minimum Gasteiger partial charge on any atom is -0.450 e. The maximum absolute atomic E-state index is 13.9. The monoisotopic (exact) mass is 482 g/mol. The van der Waals surface area contributed by atoms with Gasteiger partial charge in [0.1, 0.15) is 5.58 Å². The van der Waals surface area contributed by atoms with Crippen LogP contribution in [-0.4, -0.2) is 41.5 Å². The average molecular weight is 483 g/mol. The molecular formula is C23H19BrN2O5. The van der Waals surface area contributed by atoms with E-state index in [2.05, 4.69) is 15.9 Å². The molecule has 1 N–H and O–H groups in total. The van der Waals surface area contributed by atoms with Crippen LogP contribution < -0.4 is 10.3 Å². The minimum absolute atomic E-state index is 0.0504. The SMILES string of the molecule is CCN1C(=O)C2(c3ccccc31)c1c(oc3ccc(Br)cc3c1=O)C(=O)N2CCCO. The molecule has 2 aliphatic heterocycles. The molecule has 1 unspecified atom stereocenters. The molecule has 1 spiro atoms. The molecule has 2 aliphatic rings. The maximum Gasteiger partial charge on any atom is 0.291 e. The topological polar surface area (TPSA) is 91.1 Å². The number of aliphatic hydroxyl groups excluding tert-OH is 1. The zero-order valence-electron chi connectivity index (χ0n) is 16.7. The Morgan fingerprint density at radius 1 is 1.13 bits per heavy atom. The average Bonchev–Trinajstić information content (AvgIpc) is 3.17. The number of carbonyl (C=O) groups is 2. The molecule has 0 bridgehead atoms. The fourth-order valence-corrected chi connectivity index (χ4v) is 5.17. The molecule has 7 nitrogen and oxygen atoms in total. The number of halogens is 1. The molecule has 0 aliphatic carbocycles. The largest absolute Gasteiger partial charge is 0.450 e. The van der Waals surface area contributed by atoms with Gasteiger partial charge < -0.3 is 19.3 Å². The van der Waals surface area contributed by atoms with Crippen molar-refractivity contribution in [3.05, 3.63) is 74.0 Å². The van der Waals surface area contributed by atoms with Gasteiger partial charge in [-0.05, 0) is 37.6 Å². The Morgan fingerprint density at radius 3 is 2.65 bits per heavy atom. The van der Waals surface area contributed by atoms with Gasteiger partial charge in [0, 0.05) is 29.7 Å². The van der Waals surface area contributed by atoms with Gasteiger partial charge in [-0.3, -0.25) is 14.4 Å². The van der Waals surface area contributed by atoms with Gasteiger partial charge in [-0.2, -0.15) is 0 Å². The molecule has 0 radical (unpaired) electrons. The quantitative estimate of drug-likeness (QED) is 0.616. The molecule has 3 heterocycles. The number of hydrogen-bond acceptors (Lipinski definition) is 5. The number of nitrogens with zero attached hydrogens (tertiary/aromatic N) is 2. The van der Waals surface area contributed by atoms with Crippen LogP contribution in [-0.2, 0) is 10.3 Å². The molecular weight excluding hydrogens is 464 g/mol. The predicted molar refractivity (Wildman–Crippen MR) is 118 cm³/mol. The molecule has 2 amide bonds. The van der Waals surface area contributed by atoms with Crippen molar-refractivity contribution >= 4 is 44.4 Å². The van der Waals surface area contributed by atoms with Gasteiger partial charge >= 0.3 is 0 Å². The summed E-state index contributed by atoms with van der Waals surface area (Å²) < 4.78 is 6.63. The number of fused-ring (bicyclic) bond motifs is 5. The summed E-state index contributed by atoms with van der Waals surface area (Å²) >= 11 is 3.38. The molecule has 2 aromatic carbocycles. The van der Waals surface area contributed by atoms with Gasteiger partial charge in [0.05, 0.1) is 16.6 Å². The van der Waals surface area contributed by atoms with Crippen LogP contribution in [0.2, 0.25) is 0 Å². The second-order valence-corrected chi connectivity index (χ2v) is 8.50. The number of rotatable bonds is 4. The third kappa shape index (κ3) is 2.46. The summed E-state index contributed by atoms with van der Waals surface area (Å²) in [6.45, 7) is 2.19. The number of likely N-dealkylation sites (N-methyl/N-ethyl adjacent to an activating group) is 1. The summed E-state index contributed by atoms with van der Waals surface area (Å²) in [5.41, 5.74) is -0.434. The van der Waals surface area contributed by atoms with E-state index in [9.17, 15) is 19.5 Å². The third-order valence-corrected chi connectivity index (χ3v) is 6.55. The van der Waals surface area contributed by atoms with Crippen LogP contribution in [0.25, 0.3) is 11.0 Å². The lowest BCUT2D eigenvalue weighted by atomic mass is 9.84. The maximum atomic E-state index is 13.9. The molecule has 0 saturated heterocycles. The summed E-state index contributed by atoms with van der Waals surface area (Å²) in [6.07, 6.45) is 0.266. The van der Waals surface area contributed by atoms with Crippen molar-refractivity contribution in [1.29, 1.82) is 0 Å². The number of aliphatic hydroxyl groups is 1.